The van der Waals surface area contributed by atoms with Crippen LogP contribution in [0.3, 0.4) is 0 Å². The molecule has 2 aliphatic rings. The van der Waals surface area contributed by atoms with Crippen LogP contribution in [-0.4, -0.2) is 48.0 Å². The highest BCUT2D eigenvalue weighted by atomic mass is 35.5. The molecule has 2 saturated heterocycles. The number of hydrogen-bond donors (Lipinski definition) is 1. The van der Waals surface area contributed by atoms with Crippen molar-refractivity contribution in [1.29, 1.82) is 0 Å². The van der Waals surface area contributed by atoms with Crippen LogP contribution < -0.4 is 10.2 Å². The summed E-state index contributed by atoms with van der Waals surface area (Å²) in [6.07, 6.45) is 2.32. The topological polar surface area (TPSA) is 52.7 Å². The van der Waals surface area contributed by atoms with Gasteiger partial charge in [-0.15, -0.1) is 0 Å². The molecular weight excluding hydrogens is 322 g/mol. The van der Waals surface area contributed by atoms with Gasteiger partial charge in [-0.1, -0.05) is 23.4 Å². The van der Waals surface area contributed by atoms with Gasteiger partial charge in [-0.05, 0) is 31.0 Å². The maximum atomic E-state index is 12.2. The number of rotatable bonds is 4. The SMILES string of the molecule is O=C(CN1CCSC1=O)Nc1cc(Cl)ccc1N1CCCC1. The second-order valence-corrected chi connectivity index (χ2v) is 6.92. The van der Waals surface area contributed by atoms with Crippen LogP contribution in [0.2, 0.25) is 5.02 Å². The number of amides is 2. The number of thioether (sulfide) groups is 1. The van der Waals surface area contributed by atoms with E-state index in [-0.39, 0.29) is 17.7 Å². The molecular formula is C15H18ClN3O2S. The number of hydrogen-bond acceptors (Lipinski definition) is 4. The van der Waals surface area contributed by atoms with Gasteiger partial charge in [-0.25, -0.2) is 0 Å². The molecule has 2 fully saturated rings. The zero-order valence-corrected chi connectivity index (χ0v) is 13.8. The fourth-order valence-electron chi connectivity index (χ4n) is 2.77. The summed E-state index contributed by atoms with van der Waals surface area (Å²) in [6, 6.07) is 5.55. The average molecular weight is 340 g/mol. The van der Waals surface area contributed by atoms with Crippen molar-refractivity contribution < 1.29 is 9.59 Å². The summed E-state index contributed by atoms with van der Waals surface area (Å²) in [7, 11) is 0. The van der Waals surface area contributed by atoms with E-state index in [2.05, 4.69) is 10.2 Å². The second-order valence-electron chi connectivity index (χ2n) is 5.44. The van der Waals surface area contributed by atoms with E-state index in [4.69, 9.17) is 11.6 Å². The molecule has 118 valence electrons. The number of nitrogens with one attached hydrogen (secondary N) is 1. The van der Waals surface area contributed by atoms with Gasteiger partial charge in [0, 0.05) is 30.4 Å². The molecule has 0 aromatic heterocycles. The fraction of sp³-hybridized carbons (Fsp3) is 0.467. The zero-order chi connectivity index (χ0) is 15.5. The van der Waals surface area contributed by atoms with Crippen LogP contribution in [0.5, 0.6) is 0 Å². The first kappa shape index (κ1) is 15.5. The van der Waals surface area contributed by atoms with Crippen LogP contribution in [0.1, 0.15) is 12.8 Å². The molecule has 0 saturated carbocycles. The Labute approximate surface area is 139 Å². The lowest BCUT2D eigenvalue weighted by molar-refractivity contribution is -0.116. The van der Waals surface area contributed by atoms with Gasteiger partial charge in [-0.3, -0.25) is 9.59 Å². The van der Waals surface area contributed by atoms with Crippen molar-refractivity contribution in [1.82, 2.24) is 4.90 Å². The minimum absolute atomic E-state index is 0.0268. The lowest BCUT2D eigenvalue weighted by atomic mass is 10.2. The maximum absolute atomic E-state index is 12.2. The van der Waals surface area contributed by atoms with Crippen molar-refractivity contribution in [2.45, 2.75) is 12.8 Å². The fourth-order valence-corrected chi connectivity index (χ4v) is 3.77. The van der Waals surface area contributed by atoms with E-state index < -0.39 is 0 Å². The summed E-state index contributed by atoms with van der Waals surface area (Å²) < 4.78 is 0. The van der Waals surface area contributed by atoms with Crippen LogP contribution in [-0.2, 0) is 4.79 Å². The minimum atomic E-state index is -0.182. The van der Waals surface area contributed by atoms with E-state index in [1.807, 2.05) is 12.1 Å². The molecule has 3 rings (SSSR count). The summed E-state index contributed by atoms with van der Waals surface area (Å²) in [4.78, 5) is 27.6. The smallest absolute Gasteiger partial charge is 0.282 e. The number of carbonyl (C=O) groups is 2. The number of anilines is 2. The Morgan fingerprint density at radius 3 is 2.73 bits per heavy atom. The molecule has 0 radical (unpaired) electrons. The molecule has 1 aromatic carbocycles. The van der Waals surface area contributed by atoms with Gasteiger partial charge in [-0.2, -0.15) is 0 Å². The second kappa shape index (κ2) is 6.79. The molecule has 0 aliphatic carbocycles. The van der Waals surface area contributed by atoms with E-state index in [0.717, 1.165) is 43.1 Å². The quantitative estimate of drug-likeness (QED) is 0.916. The average Bonchev–Trinajstić information content (AvgIpc) is 3.12. The van der Waals surface area contributed by atoms with Crippen LogP contribution in [0.25, 0.3) is 0 Å². The largest absolute Gasteiger partial charge is 0.370 e. The van der Waals surface area contributed by atoms with Gasteiger partial charge < -0.3 is 15.1 Å². The summed E-state index contributed by atoms with van der Waals surface area (Å²) in [5, 5.41) is 3.47. The normalized spacial score (nSPS) is 18.1. The van der Waals surface area contributed by atoms with E-state index in [0.29, 0.717) is 11.6 Å². The van der Waals surface area contributed by atoms with Crippen molar-refractivity contribution >= 4 is 45.9 Å². The lowest BCUT2D eigenvalue weighted by Crippen LogP contribution is -2.33. The van der Waals surface area contributed by atoms with Crippen molar-refractivity contribution in [3.63, 3.8) is 0 Å². The van der Waals surface area contributed by atoms with Crippen molar-refractivity contribution in [2.24, 2.45) is 0 Å². The van der Waals surface area contributed by atoms with Gasteiger partial charge in [0.15, 0.2) is 0 Å². The first-order chi connectivity index (χ1) is 10.6. The predicted molar refractivity (Wildman–Crippen MR) is 91.0 cm³/mol. The third kappa shape index (κ3) is 3.50. The monoisotopic (exact) mass is 339 g/mol. The lowest BCUT2D eigenvalue weighted by Gasteiger charge is -2.22. The Balaban J connectivity index is 1.71. The van der Waals surface area contributed by atoms with Crippen molar-refractivity contribution in [2.75, 3.05) is 42.1 Å². The highest BCUT2D eigenvalue weighted by Gasteiger charge is 2.24. The molecule has 2 aliphatic heterocycles. The highest BCUT2D eigenvalue weighted by molar-refractivity contribution is 8.13. The van der Waals surface area contributed by atoms with Crippen LogP contribution in [0, 0.1) is 0 Å². The molecule has 7 heteroatoms. The van der Waals surface area contributed by atoms with Crippen LogP contribution >= 0.6 is 23.4 Å². The number of halogens is 1. The molecule has 5 nitrogen and oxygen atoms in total. The molecule has 0 spiro atoms. The number of carbonyl (C=O) groups excluding carboxylic acids is 2. The standard InChI is InChI=1S/C15H18ClN3O2S/c16-11-3-4-13(18-5-1-2-6-18)12(9-11)17-14(20)10-19-7-8-22-15(19)21/h3-4,9H,1-2,5-8,10H2,(H,17,20). The molecule has 2 heterocycles. The van der Waals surface area contributed by atoms with Crippen molar-refractivity contribution in [3.8, 4) is 0 Å². The highest BCUT2D eigenvalue weighted by Crippen LogP contribution is 2.31. The van der Waals surface area contributed by atoms with E-state index in [1.165, 1.54) is 11.8 Å². The van der Waals surface area contributed by atoms with E-state index >= 15 is 0 Å². The van der Waals surface area contributed by atoms with Crippen LogP contribution in [0.15, 0.2) is 18.2 Å². The molecule has 22 heavy (non-hydrogen) atoms. The number of benzene rings is 1. The summed E-state index contributed by atoms with van der Waals surface area (Å²) in [6.45, 7) is 2.71. The van der Waals surface area contributed by atoms with Crippen LogP contribution in [0.4, 0.5) is 16.2 Å². The summed E-state index contributed by atoms with van der Waals surface area (Å²) in [5.74, 6) is 0.570. The Morgan fingerprint density at radius 2 is 2.05 bits per heavy atom. The predicted octanol–water partition coefficient (Wildman–Crippen LogP) is 3.05. The molecule has 2 amide bonds. The Kier molecular flexibility index (Phi) is 4.78. The van der Waals surface area contributed by atoms with Gasteiger partial charge in [0.25, 0.3) is 5.24 Å². The maximum Gasteiger partial charge on any atom is 0.282 e. The molecule has 0 atom stereocenters. The van der Waals surface area contributed by atoms with E-state index in [9.17, 15) is 9.59 Å². The van der Waals surface area contributed by atoms with Crippen molar-refractivity contribution in [3.05, 3.63) is 23.2 Å². The molecule has 0 bridgehead atoms. The Hall–Kier alpha value is -1.40. The Bertz CT molecular complexity index is 590. The molecule has 1 aromatic rings. The Morgan fingerprint density at radius 1 is 1.27 bits per heavy atom. The summed E-state index contributed by atoms with van der Waals surface area (Å²) in [5.41, 5.74) is 1.72. The first-order valence-electron chi connectivity index (χ1n) is 7.39. The van der Waals surface area contributed by atoms with Gasteiger partial charge in [0.05, 0.1) is 11.4 Å². The van der Waals surface area contributed by atoms with Gasteiger partial charge in [0.1, 0.15) is 6.54 Å². The minimum Gasteiger partial charge on any atom is -0.370 e. The third-order valence-electron chi connectivity index (χ3n) is 3.86. The van der Waals surface area contributed by atoms with E-state index in [1.54, 1.807) is 11.0 Å². The molecule has 0 unspecified atom stereocenters. The summed E-state index contributed by atoms with van der Waals surface area (Å²) >= 11 is 7.32. The zero-order valence-electron chi connectivity index (χ0n) is 12.2. The van der Waals surface area contributed by atoms with Gasteiger partial charge >= 0.3 is 0 Å². The first-order valence-corrected chi connectivity index (χ1v) is 8.76. The third-order valence-corrected chi connectivity index (χ3v) is 4.99. The number of nitrogens with zero attached hydrogens (tertiary/aromatic N) is 2. The molecule has 1 N–H and O–H groups in total. The van der Waals surface area contributed by atoms with Gasteiger partial charge in [0.2, 0.25) is 5.91 Å².